The molecule has 154 valence electrons. The molecule has 0 aliphatic carbocycles. The third-order valence-electron chi connectivity index (χ3n) is 4.33. The van der Waals surface area contributed by atoms with Gasteiger partial charge in [0.05, 0.1) is 15.1 Å². The predicted octanol–water partition coefficient (Wildman–Crippen LogP) is 6.20. The lowest BCUT2D eigenvalue weighted by Crippen LogP contribution is -2.26. The van der Waals surface area contributed by atoms with Crippen LogP contribution < -0.4 is 5.32 Å². The number of hydrogen-bond donors (Lipinski definition) is 1. The van der Waals surface area contributed by atoms with Gasteiger partial charge in [-0.3, -0.25) is 4.79 Å². The minimum Gasteiger partial charge on any atom is -0.443 e. The number of hydrogen-bond acceptors (Lipinski definition) is 4. The number of ether oxygens (including phenoxy) is 1. The van der Waals surface area contributed by atoms with Crippen LogP contribution in [-0.4, -0.2) is 16.9 Å². The number of rotatable bonds is 5. The van der Waals surface area contributed by atoms with Crippen molar-refractivity contribution in [2.45, 2.75) is 20.0 Å². The van der Waals surface area contributed by atoms with Crippen LogP contribution in [0.4, 0.5) is 5.69 Å². The monoisotopic (exact) mass is 462 g/mol. The number of aromatic nitrogens is 1. The zero-order valence-electron chi connectivity index (χ0n) is 16.1. The SMILES string of the molecule is Cc1ccc(C)c(NC(=O)C(OC(=O)c2ncc(Cl)c(Cl)c2Cl)c2ccccc2)c1. The lowest BCUT2D eigenvalue weighted by Gasteiger charge is -2.19. The molecule has 3 rings (SSSR count). The van der Waals surface area contributed by atoms with Crippen LogP contribution in [0.2, 0.25) is 15.1 Å². The van der Waals surface area contributed by atoms with E-state index in [1.165, 1.54) is 6.20 Å². The number of esters is 1. The summed E-state index contributed by atoms with van der Waals surface area (Å²) in [6.45, 7) is 3.79. The number of aryl methyl sites for hydroxylation is 2. The van der Waals surface area contributed by atoms with Crippen LogP contribution in [0.5, 0.6) is 0 Å². The molecule has 1 aromatic heterocycles. The molecule has 0 fully saturated rings. The Labute approximate surface area is 188 Å². The van der Waals surface area contributed by atoms with Gasteiger partial charge in [0.15, 0.2) is 5.69 Å². The van der Waals surface area contributed by atoms with E-state index in [2.05, 4.69) is 10.3 Å². The smallest absolute Gasteiger partial charge is 0.359 e. The molecule has 0 spiro atoms. The summed E-state index contributed by atoms with van der Waals surface area (Å²) >= 11 is 17.9. The van der Waals surface area contributed by atoms with Gasteiger partial charge in [0.1, 0.15) is 0 Å². The van der Waals surface area contributed by atoms with Gasteiger partial charge in [-0.2, -0.15) is 0 Å². The fraction of sp³-hybridized carbons (Fsp3) is 0.136. The number of anilines is 1. The Morgan fingerprint density at radius 3 is 2.40 bits per heavy atom. The molecule has 0 saturated carbocycles. The van der Waals surface area contributed by atoms with Gasteiger partial charge < -0.3 is 10.1 Å². The third-order valence-corrected chi connectivity index (χ3v) is 5.57. The highest BCUT2D eigenvalue weighted by Crippen LogP contribution is 2.32. The molecular weight excluding hydrogens is 447 g/mol. The molecule has 0 aliphatic heterocycles. The minimum atomic E-state index is -1.23. The molecule has 0 radical (unpaired) electrons. The van der Waals surface area contributed by atoms with Crippen LogP contribution >= 0.6 is 34.8 Å². The van der Waals surface area contributed by atoms with Crippen molar-refractivity contribution in [3.05, 3.63) is 92.2 Å². The maximum atomic E-state index is 13.1. The number of benzene rings is 2. The number of carbonyl (C=O) groups excluding carboxylic acids is 2. The van der Waals surface area contributed by atoms with E-state index in [1.807, 2.05) is 32.0 Å². The van der Waals surface area contributed by atoms with Crippen LogP contribution in [0.15, 0.2) is 54.7 Å². The third kappa shape index (κ3) is 4.93. The second-order valence-corrected chi connectivity index (χ2v) is 7.75. The second-order valence-electron chi connectivity index (χ2n) is 6.59. The molecule has 2 aromatic carbocycles. The predicted molar refractivity (Wildman–Crippen MR) is 118 cm³/mol. The zero-order chi connectivity index (χ0) is 21.8. The molecule has 5 nitrogen and oxygen atoms in total. The Hall–Kier alpha value is -2.60. The number of nitrogens with one attached hydrogen (secondary N) is 1. The lowest BCUT2D eigenvalue weighted by molar-refractivity contribution is -0.125. The van der Waals surface area contributed by atoms with Crippen molar-refractivity contribution in [2.75, 3.05) is 5.32 Å². The quantitative estimate of drug-likeness (QED) is 0.458. The first-order valence-corrected chi connectivity index (χ1v) is 10.0. The minimum absolute atomic E-state index is 0.0172. The molecule has 1 heterocycles. The molecule has 8 heteroatoms. The van der Waals surface area contributed by atoms with Crippen molar-refractivity contribution >= 4 is 52.4 Å². The fourth-order valence-corrected chi connectivity index (χ4v) is 3.28. The number of amides is 1. The summed E-state index contributed by atoms with van der Waals surface area (Å²) in [4.78, 5) is 29.7. The summed E-state index contributed by atoms with van der Waals surface area (Å²) < 4.78 is 5.50. The van der Waals surface area contributed by atoms with Crippen molar-refractivity contribution in [3.63, 3.8) is 0 Å². The molecule has 1 N–H and O–H groups in total. The first-order chi connectivity index (χ1) is 14.3. The van der Waals surface area contributed by atoms with Crippen LogP contribution in [0.1, 0.15) is 33.3 Å². The molecular formula is C22H17Cl3N2O3. The summed E-state index contributed by atoms with van der Waals surface area (Å²) in [5.74, 6) is -1.41. The highest BCUT2D eigenvalue weighted by molar-refractivity contribution is 6.48. The molecule has 30 heavy (non-hydrogen) atoms. The van der Waals surface area contributed by atoms with Gasteiger partial charge in [-0.05, 0) is 31.0 Å². The summed E-state index contributed by atoms with van der Waals surface area (Å²) in [7, 11) is 0. The Kier molecular flexibility index (Phi) is 6.98. The van der Waals surface area contributed by atoms with Crippen molar-refractivity contribution in [2.24, 2.45) is 0 Å². The number of halogens is 3. The highest BCUT2D eigenvalue weighted by atomic mass is 35.5. The Morgan fingerprint density at radius 1 is 1.00 bits per heavy atom. The van der Waals surface area contributed by atoms with E-state index in [1.54, 1.807) is 30.3 Å². The van der Waals surface area contributed by atoms with Crippen molar-refractivity contribution in [3.8, 4) is 0 Å². The van der Waals surface area contributed by atoms with E-state index in [4.69, 9.17) is 39.5 Å². The zero-order valence-corrected chi connectivity index (χ0v) is 18.3. The van der Waals surface area contributed by atoms with E-state index >= 15 is 0 Å². The van der Waals surface area contributed by atoms with Gasteiger partial charge in [-0.15, -0.1) is 0 Å². The van der Waals surface area contributed by atoms with Gasteiger partial charge in [0.25, 0.3) is 5.91 Å². The topological polar surface area (TPSA) is 68.3 Å². The summed E-state index contributed by atoms with van der Waals surface area (Å²) in [5.41, 5.74) is 2.75. The van der Waals surface area contributed by atoms with Crippen molar-refractivity contribution < 1.29 is 14.3 Å². The molecule has 1 unspecified atom stereocenters. The maximum absolute atomic E-state index is 13.1. The molecule has 1 amide bonds. The van der Waals surface area contributed by atoms with Crippen LogP contribution in [0, 0.1) is 13.8 Å². The Morgan fingerprint density at radius 2 is 1.70 bits per heavy atom. The Balaban J connectivity index is 1.92. The van der Waals surface area contributed by atoms with E-state index in [0.717, 1.165) is 11.1 Å². The van der Waals surface area contributed by atoms with Crippen LogP contribution in [0.3, 0.4) is 0 Å². The lowest BCUT2D eigenvalue weighted by atomic mass is 10.1. The van der Waals surface area contributed by atoms with Gasteiger partial charge in [0, 0.05) is 17.4 Å². The first kappa shape index (κ1) is 22.1. The normalized spacial score (nSPS) is 11.6. The number of pyridine rings is 1. The summed E-state index contributed by atoms with van der Waals surface area (Å²) in [6.07, 6.45) is -0.0361. The fourth-order valence-electron chi connectivity index (χ4n) is 2.72. The Bertz CT molecular complexity index is 1100. The first-order valence-electron chi connectivity index (χ1n) is 8.91. The standard InChI is InChI=1S/C22H17Cl3N2O3/c1-12-8-9-13(2)16(10-12)27-21(28)20(14-6-4-3-5-7-14)30-22(29)19-18(25)17(24)15(23)11-26-19/h3-11,20H,1-2H3,(H,27,28). The number of carbonyl (C=O) groups is 2. The molecule has 3 aromatic rings. The van der Waals surface area contributed by atoms with Crippen LogP contribution in [0.25, 0.3) is 0 Å². The molecule has 0 bridgehead atoms. The van der Waals surface area contributed by atoms with E-state index < -0.39 is 18.0 Å². The van der Waals surface area contributed by atoms with Crippen molar-refractivity contribution in [1.82, 2.24) is 4.98 Å². The van der Waals surface area contributed by atoms with Crippen LogP contribution in [-0.2, 0) is 9.53 Å². The average Bonchev–Trinajstić information content (AvgIpc) is 2.73. The highest BCUT2D eigenvalue weighted by Gasteiger charge is 2.28. The van der Waals surface area contributed by atoms with E-state index in [-0.39, 0.29) is 20.8 Å². The van der Waals surface area contributed by atoms with Gasteiger partial charge >= 0.3 is 5.97 Å². The van der Waals surface area contributed by atoms with Crippen molar-refractivity contribution in [1.29, 1.82) is 0 Å². The second kappa shape index (κ2) is 9.47. The molecule has 0 aliphatic rings. The summed E-state index contributed by atoms with van der Waals surface area (Å²) in [6, 6.07) is 14.3. The number of nitrogens with zero attached hydrogens (tertiary/aromatic N) is 1. The van der Waals surface area contributed by atoms with E-state index in [9.17, 15) is 9.59 Å². The largest absolute Gasteiger partial charge is 0.443 e. The van der Waals surface area contributed by atoms with Gasteiger partial charge in [-0.25, -0.2) is 9.78 Å². The van der Waals surface area contributed by atoms with Gasteiger partial charge in [-0.1, -0.05) is 77.3 Å². The van der Waals surface area contributed by atoms with Gasteiger partial charge in [0.2, 0.25) is 6.10 Å². The summed E-state index contributed by atoms with van der Waals surface area (Å²) in [5, 5.41) is 2.77. The molecule has 1 atom stereocenters. The maximum Gasteiger partial charge on any atom is 0.359 e. The molecule has 0 saturated heterocycles. The average molecular weight is 464 g/mol. The van der Waals surface area contributed by atoms with E-state index in [0.29, 0.717) is 11.3 Å².